The summed E-state index contributed by atoms with van der Waals surface area (Å²) in [4.78, 5) is 0. The molecule has 0 amide bonds. The maximum atomic E-state index is 5.56. The first kappa shape index (κ1) is 17.8. The van der Waals surface area contributed by atoms with Crippen LogP contribution in [0.1, 0.15) is 19.4 Å². The van der Waals surface area contributed by atoms with Crippen molar-refractivity contribution in [1.29, 1.82) is 0 Å². The second-order valence-electron chi connectivity index (χ2n) is 5.67. The van der Waals surface area contributed by atoms with Crippen LogP contribution in [-0.4, -0.2) is 27.7 Å². The van der Waals surface area contributed by atoms with Gasteiger partial charge in [0.2, 0.25) is 4.77 Å². The van der Waals surface area contributed by atoms with Crippen molar-refractivity contribution in [2.24, 2.45) is 5.10 Å². The SMILES string of the molecule is CCOc1cccc(-c2n[nH]c(=S)n2/N=C/C(C)=C/c2ccccc2)c1. The molecule has 6 heteroatoms. The molecule has 0 radical (unpaired) electrons. The number of hydrogen-bond acceptors (Lipinski definition) is 4. The first-order valence-corrected chi connectivity index (χ1v) is 8.76. The van der Waals surface area contributed by atoms with Crippen LogP contribution in [0.2, 0.25) is 0 Å². The fourth-order valence-corrected chi connectivity index (χ4v) is 2.65. The Balaban J connectivity index is 1.90. The van der Waals surface area contributed by atoms with E-state index in [1.165, 1.54) is 0 Å². The first-order valence-electron chi connectivity index (χ1n) is 8.35. The van der Waals surface area contributed by atoms with E-state index in [0.29, 0.717) is 17.2 Å². The Morgan fingerprint density at radius 2 is 2.04 bits per heavy atom. The molecule has 0 aliphatic rings. The van der Waals surface area contributed by atoms with Crippen LogP contribution >= 0.6 is 12.2 Å². The number of hydrogen-bond donors (Lipinski definition) is 1. The van der Waals surface area contributed by atoms with Crippen molar-refractivity contribution in [2.45, 2.75) is 13.8 Å². The normalized spacial score (nSPS) is 11.8. The second kappa shape index (κ2) is 8.40. The Hall–Kier alpha value is -2.99. The molecule has 2 aromatic carbocycles. The van der Waals surface area contributed by atoms with Gasteiger partial charge >= 0.3 is 0 Å². The van der Waals surface area contributed by atoms with Crippen LogP contribution in [0.15, 0.2) is 65.3 Å². The van der Waals surface area contributed by atoms with Crippen molar-refractivity contribution in [3.05, 3.63) is 70.5 Å². The van der Waals surface area contributed by atoms with Gasteiger partial charge in [-0.25, -0.2) is 5.10 Å². The lowest BCUT2D eigenvalue weighted by Gasteiger charge is -2.05. The van der Waals surface area contributed by atoms with Crippen LogP contribution < -0.4 is 4.74 Å². The van der Waals surface area contributed by atoms with Gasteiger partial charge in [-0.05, 0) is 49.3 Å². The second-order valence-corrected chi connectivity index (χ2v) is 6.06. The van der Waals surface area contributed by atoms with Gasteiger partial charge in [0.15, 0.2) is 5.82 Å². The zero-order valence-corrected chi connectivity index (χ0v) is 15.5. The maximum Gasteiger partial charge on any atom is 0.216 e. The molecule has 0 atom stereocenters. The van der Waals surface area contributed by atoms with Crippen molar-refractivity contribution in [3.8, 4) is 17.1 Å². The summed E-state index contributed by atoms with van der Waals surface area (Å²) in [5, 5.41) is 11.6. The van der Waals surface area contributed by atoms with Crippen LogP contribution in [0, 0.1) is 4.77 Å². The lowest BCUT2D eigenvalue weighted by molar-refractivity contribution is 0.340. The van der Waals surface area contributed by atoms with E-state index in [0.717, 1.165) is 22.4 Å². The van der Waals surface area contributed by atoms with Gasteiger partial charge < -0.3 is 4.74 Å². The molecular formula is C20H20N4OS. The molecule has 132 valence electrons. The summed E-state index contributed by atoms with van der Waals surface area (Å²) in [6, 6.07) is 17.8. The number of aromatic amines is 1. The lowest BCUT2D eigenvalue weighted by atomic mass is 10.1. The highest BCUT2D eigenvalue weighted by Crippen LogP contribution is 2.22. The smallest absolute Gasteiger partial charge is 0.216 e. The monoisotopic (exact) mass is 364 g/mol. The summed E-state index contributed by atoms with van der Waals surface area (Å²) in [5.74, 6) is 1.43. The third kappa shape index (κ3) is 4.34. The zero-order chi connectivity index (χ0) is 18.4. The average molecular weight is 364 g/mol. The summed E-state index contributed by atoms with van der Waals surface area (Å²) < 4.78 is 7.61. The molecule has 0 saturated carbocycles. The molecule has 5 nitrogen and oxygen atoms in total. The molecule has 0 aliphatic carbocycles. The van der Waals surface area contributed by atoms with Crippen molar-refractivity contribution in [3.63, 3.8) is 0 Å². The molecule has 1 heterocycles. The summed E-state index contributed by atoms with van der Waals surface area (Å²) in [6.45, 7) is 4.56. The fourth-order valence-electron chi connectivity index (χ4n) is 2.48. The maximum absolute atomic E-state index is 5.56. The molecule has 1 aromatic heterocycles. The number of ether oxygens (including phenoxy) is 1. The highest BCUT2D eigenvalue weighted by Gasteiger charge is 2.09. The third-order valence-corrected chi connectivity index (χ3v) is 3.89. The molecule has 0 fully saturated rings. The molecule has 0 spiro atoms. The Morgan fingerprint density at radius 3 is 2.81 bits per heavy atom. The number of aromatic nitrogens is 3. The molecule has 3 aromatic rings. The van der Waals surface area contributed by atoms with E-state index in [2.05, 4.69) is 21.4 Å². The molecule has 1 N–H and O–H groups in total. The van der Waals surface area contributed by atoms with Gasteiger partial charge in [0.1, 0.15) is 5.75 Å². The van der Waals surface area contributed by atoms with Crippen molar-refractivity contribution >= 4 is 24.5 Å². The zero-order valence-electron chi connectivity index (χ0n) is 14.7. The number of allylic oxidation sites excluding steroid dienone is 1. The van der Waals surface area contributed by atoms with Gasteiger partial charge in [-0.1, -0.05) is 48.5 Å². The van der Waals surface area contributed by atoms with Crippen LogP contribution in [0.3, 0.4) is 0 Å². The van der Waals surface area contributed by atoms with Gasteiger partial charge in [-0.2, -0.15) is 14.9 Å². The highest BCUT2D eigenvalue weighted by molar-refractivity contribution is 7.71. The number of nitrogens with one attached hydrogen (secondary N) is 1. The van der Waals surface area contributed by atoms with Crippen LogP contribution in [0.5, 0.6) is 5.75 Å². The minimum Gasteiger partial charge on any atom is -0.494 e. The van der Waals surface area contributed by atoms with Crippen LogP contribution in [0.4, 0.5) is 0 Å². The molecule has 0 bridgehead atoms. The van der Waals surface area contributed by atoms with E-state index >= 15 is 0 Å². The van der Waals surface area contributed by atoms with E-state index in [-0.39, 0.29) is 0 Å². The number of rotatable bonds is 6. The largest absolute Gasteiger partial charge is 0.494 e. The summed E-state index contributed by atoms with van der Waals surface area (Å²) in [5.41, 5.74) is 3.01. The molecule has 0 unspecified atom stereocenters. The van der Waals surface area contributed by atoms with Crippen molar-refractivity contribution < 1.29 is 4.74 Å². The summed E-state index contributed by atoms with van der Waals surface area (Å²) >= 11 is 5.32. The average Bonchev–Trinajstić information content (AvgIpc) is 3.02. The van der Waals surface area contributed by atoms with Gasteiger partial charge in [-0.3, -0.25) is 0 Å². The summed E-state index contributed by atoms with van der Waals surface area (Å²) in [7, 11) is 0. The predicted octanol–water partition coefficient (Wildman–Crippen LogP) is 4.94. The van der Waals surface area contributed by atoms with E-state index < -0.39 is 0 Å². The van der Waals surface area contributed by atoms with Gasteiger partial charge in [0.05, 0.1) is 12.8 Å². The Kier molecular flexibility index (Phi) is 5.76. The van der Waals surface area contributed by atoms with E-state index in [4.69, 9.17) is 17.0 Å². The predicted molar refractivity (Wildman–Crippen MR) is 108 cm³/mol. The molecule has 0 saturated heterocycles. The van der Waals surface area contributed by atoms with Crippen molar-refractivity contribution in [2.75, 3.05) is 6.61 Å². The van der Waals surface area contributed by atoms with Crippen LogP contribution in [-0.2, 0) is 0 Å². The summed E-state index contributed by atoms with van der Waals surface area (Å²) in [6.07, 6.45) is 3.83. The molecule has 3 rings (SSSR count). The lowest BCUT2D eigenvalue weighted by Crippen LogP contribution is -1.96. The highest BCUT2D eigenvalue weighted by atomic mass is 32.1. The minimum atomic E-state index is 0.436. The quantitative estimate of drug-likeness (QED) is 0.498. The number of benzene rings is 2. The molecule has 0 aliphatic heterocycles. The van der Waals surface area contributed by atoms with E-state index in [1.54, 1.807) is 10.9 Å². The third-order valence-electron chi connectivity index (χ3n) is 3.62. The van der Waals surface area contributed by atoms with Gasteiger partial charge in [0, 0.05) is 5.56 Å². The molecule has 26 heavy (non-hydrogen) atoms. The van der Waals surface area contributed by atoms with Crippen LogP contribution in [0.25, 0.3) is 17.5 Å². The standard InChI is InChI=1S/C20H20N4OS/c1-3-25-18-11-7-10-17(13-18)19-22-23-20(26)24(19)21-14-15(2)12-16-8-5-4-6-9-16/h4-14H,3H2,1-2H3,(H,23,26)/b15-12+,21-14+. The Bertz CT molecular complexity index is 986. The van der Waals surface area contributed by atoms with Gasteiger partial charge in [0.25, 0.3) is 0 Å². The van der Waals surface area contributed by atoms with E-state index in [1.807, 2.05) is 68.4 Å². The Morgan fingerprint density at radius 1 is 1.23 bits per heavy atom. The van der Waals surface area contributed by atoms with Gasteiger partial charge in [-0.15, -0.1) is 0 Å². The minimum absolute atomic E-state index is 0.436. The topological polar surface area (TPSA) is 55.2 Å². The Labute approximate surface area is 157 Å². The first-order chi connectivity index (χ1) is 12.7. The number of H-pyrrole nitrogens is 1. The van der Waals surface area contributed by atoms with Crippen molar-refractivity contribution in [1.82, 2.24) is 14.9 Å². The fraction of sp³-hybridized carbons (Fsp3) is 0.150. The van der Waals surface area contributed by atoms with E-state index in [9.17, 15) is 0 Å². The molecular weight excluding hydrogens is 344 g/mol. The number of nitrogens with zero attached hydrogens (tertiary/aromatic N) is 3.